The minimum absolute atomic E-state index is 0.0965. The van der Waals surface area contributed by atoms with Gasteiger partial charge in [-0.15, -0.1) is 0 Å². The van der Waals surface area contributed by atoms with E-state index in [1.54, 1.807) is 0 Å². The van der Waals surface area contributed by atoms with Gasteiger partial charge in [0, 0.05) is 19.3 Å². The minimum atomic E-state index is -0.951. The lowest BCUT2D eigenvalue weighted by atomic mass is 9.80. The summed E-state index contributed by atoms with van der Waals surface area (Å²) >= 11 is 0. The summed E-state index contributed by atoms with van der Waals surface area (Å²) < 4.78 is 19.8. The third-order valence-electron chi connectivity index (χ3n) is 4.66. The van der Waals surface area contributed by atoms with E-state index in [1.165, 1.54) is 25.7 Å². The predicted molar refractivity (Wildman–Crippen MR) is 72.3 cm³/mol. The summed E-state index contributed by atoms with van der Waals surface area (Å²) in [5.74, 6) is 0.822. The topological polar surface area (TPSA) is 35.2 Å². The van der Waals surface area contributed by atoms with E-state index >= 15 is 0 Å². The Bertz CT molecular complexity index is 243. The second-order valence-electron chi connectivity index (χ2n) is 6.31. The van der Waals surface area contributed by atoms with Crippen molar-refractivity contribution in [3.05, 3.63) is 0 Å². The fraction of sp³-hybridized carbons (Fsp3) is 1.00. The van der Waals surface area contributed by atoms with Crippen LogP contribution in [0.1, 0.15) is 64.2 Å². The van der Waals surface area contributed by atoms with Crippen LogP contribution in [0.5, 0.6) is 0 Å². The van der Waals surface area contributed by atoms with Crippen LogP contribution < -0.4 is 5.73 Å². The summed E-state index contributed by atoms with van der Waals surface area (Å²) in [6.07, 6.45) is 9.88. The summed E-state index contributed by atoms with van der Waals surface area (Å²) in [6.45, 7) is 1.85. The van der Waals surface area contributed by atoms with Gasteiger partial charge in [0.25, 0.3) is 0 Å². The zero-order valence-electron chi connectivity index (χ0n) is 11.5. The van der Waals surface area contributed by atoms with Crippen molar-refractivity contribution in [3.63, 3.8) is 0 Å². The molecule has 106 valence electrons. The van der Waals surface area contributed by atoms with E-state index in [0.717, 1.165) is 51.2 Å². The van der Waals surface area contributed by atoms with Gasteiger partial charge >= 0.3 is 0 Å². The van der Waals surface area contributed by atoms with Gasteiger partial charge < -0.3 is 10.5 Å². The molecule has 1 saturated carbocycles. The van der Waals surface area contributed by atoms with Crippen LogP contribution in [0.2, 0.25) is 0 Å². The number of nitrogens with two attached hydrogens (primary N) is 1. The molecule has 18 heavy (non-hydrogen) atoms. The summed E-state index contributed by atoms with van der Waals surface area (Å²) in [6, 6.07) is 0.0965. The van der Waals surface area contributed by atoms with Gasteiger partial charge in [-0.2, -0.15) is 0 Å². The third-order valence-corrected chi connectivity index (χ3v) is 4.66. The Hall–Kier alpha value is -0.150. The zero-order valence-corrected chi connectivity index (χ0v) is 11.5. The summed E-state index contributed by atoms with van der Waals surface area (Å²) in [5, 5.41) is 0. The first-order chi connectivity index (χ1) is 8.68. The van der Waals surface area contributed by atoms with E-state index in [0.29, 0.717) is 6.42 Å². The molecule has 0 aromatic rings. The van der Waals surface area contributed by atoms with E-state index in [9.17, 15) is 4.39 Å². The van der Waals surface area contributed by atoms with Crippen molar-refractivity contribution in [2.75, 3.05) is 13.2 Å². The number of hydrogen-bond acceptors (Lipinski definition) is 2. The van der Waals surface area contributed by atoms with E-state index in [4.69, 9.17) is 10.5 Å². The van der Waals surface area contributed by atoms with Crippen LogP contribution in [0.15, 0.2) is 0 Å². The van der Waals surface area contributed by atoms with Crippen LogP contribution >= 0.6 is 0 Å². The van der Waals surface area contributed by atoms with Gasteiger partial charge in [-0.3, -0.25) is 0 Å². The molecule has 0 radical (unpaired) electrons. The Kier molecular flexibility index (Phi) is 5.43. The molecule has 2 atom stereocenters. The van der Waals surface area contributed by atoms with Crippen molar-refractivity contribution in [1.82, 2.24) is 0 Å². The molecular weight excluding hydrogens is 229 g/mol. The average molecular weight is 257 g/mol. The molecule has 2 rings (SSSR count). The van der Waals surface area contributed by atoms with E-state index in [-0.39, 0.29) is 6.04 Å². The van der Waals surface area contributed by atoms with Gasteiger partial charge in [0.2, 0.25) is 0 Å². The summed E-state index contributed by atoms with van der Waals surface area (Å²) in [7, 11) is 0. The molecular formula is C15H28FNO. The van der Waals surface area contributed by atoms with Crippen LogP contribution in [0.3, 0.4) is 0 Å². The van der Waals surface area contributed by atoms with Gasteiger partial charge in [0.05, 0.1) is 0 Å². The van der Waals surface area contributed by atoms with Gasteiger partial charge in [0.1, 0.15) is 5.67 Å². The number of halogens is 1. The molecule has 0 aromatic heterocycles. The molecule has 2 N–H and O–H groups in total. The lowest BCUT2D eigenvalue weighted by Gasteiger charge is -2.33. The van der Waals surface area contributed by atoms with Crippen LogP contribution in [0.25, 0.3) is 0 Å². The molecule has 1 aliphatic heterocycles. The number of ether oxygens (including phenoxy) is 1. The monoisotopic (exact) mass is 257 g/mol. The van der Waals surface area contributed by atoms with Crippen LogP contribution in [-0.2, 0) is 4.74 Å². The van der Waals surface area contributed by atoms with Crippen molar-refractivity contribution in [3.8, 4) is 0 Å². The molecule has 2 nitrogen and oxygen atoms in total. The largest absolute Gasteiger partial charge is 0.381 e. The first-order valence-corrected chi connectivity index (χ1v) is 7.70. The van der Waals surface area contributed by atoms with Crippen LogP contribution in [-0.4, -0.2) is 24.9 Å². The fourth-order valence-corrected chi connectivity index (χ4v) is 3.49. The lowest BCUT2D eigenvalue weighted by Crippen LogP contribution is -2.37. The van der Waals surface area contributed by atoms with Gasteiger partial charge in [-0.05, 0) is 50.9 Å². The summed E-state index contributed by atoms with van der Waals surface area (Å²) in [5.41, 5.74) is 4.93. The Morgan fingerprint density at radius 1 is 1.17 bits per heavy atom. The molecule has 1 heterocycles. The number of hydrogen-bond donors (Lipinski definition) is 1. The molecule has 2 aliphatic rings. The highest BCUT2D eigenvalue weighted by atomic mass is 19.1. The van der Waals surface area contributed by atoms with Crippen molar-refractivity contribution < 1.29 is 9.13 Å². The quantitative estimate of drug-likeness (QED) is 0.764. The maximum atomic E-state index is 14.5. The molecule has 1 aliphatic carbocycles. The minimum Gasteiger partial charge on any atom is -0.381 e. The van der Waals surface area contributed by atoms with Gasteiger partial charge in [-0.1, -0.05) is 19.3 Å². The normalized spacial score (nSPS) is 34.7. The second-order valence-corrected chi connectivity index (χ2v) is 6.31. The molecule has 2 fully saturated rings. The Morgan fingerprint density at radius 2 is 1.94 bits per heavy atom. The fourth-order valence-electron chi connectivity index (χ4n) is 3.49. The Balaban J connectivity index is 1.59. The van der Waals surface area contributed by atoms with Gasteiger partial charge in [-0.25, -0.2) is 4.39 Å². The highest BCUT2D eigenvalue weighted by Crippen LogP contribution is 2.36. The Labute approximate surface area is 110 Å². The molecule has 0 spiro atoms. The molecule has 0 bridgehead atoms. The van der Waals surface area contributed by atoms with Gasteiger partial charge in [0.15, 0.2) is 0 Å². The smallest absolute Gasteiger partial charge is 0.112 e. The molecule has 1 saturated heterocycles. The van der Waals surface area contributed by atoms with Crippen molar-refractivity contribution >= 4 is 0 Å². The van der Waals surface area contributed by atoms with Crippen LogP contribution in [0, 0.1) is 5.92 Å². The molecule has 0 amide bonds. The first-order valence-electron chi connectivity index (χ1n) is 7.70. The maximum absolute atomic E-state index is 14.5. The first kappa shape index (κ1) is 14.3. The highest BCUT2D eigenvalue weighted by Gasteiger charge is 2.34. The summed E-state index contributed by atoms with van der Waals surface area (Å²) in [4.78, 5) is 0. The molecule has 0 aromatic carbocycles. The standard InChI is InChI=1S/C15H28FNO/c16-15(9-3-5-14(17)12-15)8-2-1-4-13-6-10-18-11-7-13/h13-14H,1-12,17H2. The SMILES string of the molecule is NC1CCCC(F)(CCCCC2CCOCC2)C1. The number of alkyl halides is 1. The van der Waals surface area contributed by atoms with Crippen molar-refractivity contribution in [2.24, 2.45) is 11.7 Å². The van der Waals surface area contributed by atoms with E-state index < -0.39 is 5.67 Å². The molecule has 3 heteroatoms. The number of rotatable bonds is 5. The maximum Gasteiger partial charge on any atom is 0.112 e. The average Bonchev–Trinajstić information content (AvgIpc) is 2.36. The van der Waals surface area contributed by atoms with Crippen molar-refractivity contribution in [1.29, 1.82) is 0 Å². The van der Waals surface area contributed by atoms with E-state index in [1.807, 2.05) is 0 Å². The van der Waals surface area contributed by atoms with Crippen molar-refractivity contribution in [2.45, 2.75) is 75.9 Å². The zero-order chi connectivity index (χ0) is 12.8. The second kappa shape index (κ2) is 6.85. The predicted octanol–water partition coefficient (Wildman–Crippen LogP) is 3.58. The highest BCUT2D eigenvalue weighted by molar-refractivity contribution is 4.88. The lowest BCUT2D eigenvalue weighted by molar-refractivity contribution is 0.0601. The third kappa shape index (κ3) is 4.51. The number of unbranched alkanes of at least 4 members (excludes halogenated alkanes) is 1. The molecule has 2 unspecified atom stereocenters. The van der Waals surface area contributed by atoms with Crippen LogP contribution in [0.4, 0.5) is 4.39 Å². The Morgan fingerprint density at radius 3 is 2.67 bits per heavy atom. The van der Waals surface area contributed by atoms with E-state index in [2.05, 4.69) is 0 Å².